The Hall–Kier alpha value is -2.44. The first kappa shape index (κ1) is 14.9. The summed E-state index contributed by atoms with van der Waals surface area (Å²) in [6.45, 7) is 0. The van der Waals surface area contributed by atoms with E-state index < -0.39 is 0 Å². The highest BCUT2D eigenvalue weighted by molar-refractivity contribution is 7.99. The molecule has 4 aromatic rings. The highest BCUT2D eigenvalue weighted by atomic mass is 35.5. The van der Waals surface area contributed by atoms with Crippen molar-refractivity contribution < 1.29 is 4.42 Å². The fourth-order valence-corrected chi connectivity index (χ4v) is 4.19. The lowest BCUT2D eigenvalue weighted by Crippen LogP contribution is -2.15. The summed E-state index contributed by atoms with van der Waals surface area (Å²) in [5.74, 6) is 1.65. The van der Waals surface area contributed by atoms with Crippen LogP contribution in [0, 0.1) is 0 Å². The Morgan fingerprint density at radius 3 is 2.84 bits per heavy atom. The van der Waals surface area contributed by atoms with Crippen LogP contribution in [0.3, 0.4) is 0 Å². The van der Waals surface area contributed by atoms with Crippen LogP contribution < -0.4 is 5.43 Å². The van der Waals surface area contributed by atoms with Gasteiger partial charge in [0.05, 0.1) is 0 Å². The molecule has 124 valence electrons. The molecule has 0 aliphatic carbocycles. The monoisotopic (exact) mass is 368 g/mol. The van der Waals surface area contributed by atoms with Crippen LogP contribution in [-0.4, -0.2) is 14.9 Å². The average molecular weight is 369 g/mol. The van der Waals surface area contributed by atoms with E-state index in [0.717, 1.165) is 16.7 Å². The van der Waals surface area contributed by atoms with Gasteiger partial charge < -0.3 is 9.84 Å². The molecule has 5 nitrogen and oxygen atoms in total. The summed E-state index contributed by atoms with van der Waals surface area (Å²) in [4.78, 5) is 0. The molecule has 1 unspecified atom stereocenters. The van der Waals surface area contributed by atoms with E-state index in [1.165, 1.54) is 16.3 Å². The fourth-order valence-electron chi connectivity index (χ4n) is 3.08. The Balaban J connectivity index is 1.46. The van der Waals surface area contributed by atoms with Crippen molar-refractivity contribution in [1.29, 1.82) is 0 Å². The lowest BCUT2D eigenvalue weighted by molar-refractivity contribution is 0.509. The number of rotatable bonds is 3. The molecule has 3 heterocycles. The number of furan rings is 1. The van der Waals surface area contributed by atoms with E-state index in [0.29, 0.717) is 11.6 Å². The quantitative estimate of drug-likeness (QED) is 0.572. The molecule has 0 amide bonds. The van der Waals surface area contributed by atoms with Gasteiger partial charge in [-0.2, -0.15) is 0 Å². The topological polar surface area (TPSA) is 55.9 Å². The van der Waals surface area contributed by atoms with E-state index in [4.69, 9.17) is 16.0 Å². The molecule has 1 aliphatic heterocycles. The number of thioether (sulfide) groups is 1. The molecule has 7 heteroatoms. The summed E-state index contributed by atoms with van der Waals surface area (Å²) in [6, 6.07) is 18.3. The van der Waals surface area contributed by atoms with Gasteiger partial charge >= 0.3 is 0 Å². The normalized spacial score (nSPS) is 16.1. The van der Waals surface area contributed by atoms with Gasteiger partial charge in [0.25, 0.3) is 0 Å². The minimum atomic E-state index is -0.0516. The largest absolute Gasteiger partial charge is 0.447 e. The fraction of sp³-hybridized carbons (Fsp3) is 0.111. The van der Waals surface area contributed by atoms with Crippen LogP contribution in [0.15, 0.2) is 64.2 Å². The Morgan fingerprint density at radius 2 is 1.96 bits per heavy atom. The van der Waals surface area contributed by atoms with Crippen LogP contribution in [0.4, 0.5) is 0 Å². The SMILES string of the molecule is Clc1ccc(C2Nn3c(Cc4cccc5ccccc45)nnc3S2)o1. The van der Waals surface area contributed by atoms with Crippen molar-refractivity contribution in [3.05, 3.63) is 77.0 Å². The van der Waals surface area contributed by atoms with Crippen LogP contribution >= 0.6 is 23.4 Å². The summed E-state index contributed by atoms with van der Waals surface area (Å²) < 4.78 is 7.44. The predicted molar refractivity (Wildman–Crippen MR) is 98.5 cm³/mol. The van der Waals surface area contributed by atoms with Crippen molar-refractivity contribution in [3.63, 3.8) is 0 Å². The average Bonchev–Trinajstić information content (AvgIpc) is 3.32. The van der Waals surface area contributed by atoms with Gasteiger partial charge in [0, 0.05) is 6.42 Å². The van der Waals surface area contributed by atoms with Crippen LogP contribution in [-0.2, 0) is 6.42 Å². The van der Waals surface area contributed by atoms with Gasteiger partial charge in [-0.15, -0.1) is 10.2 Å². The molecule has 2 aromatic carbocycles. The summed E-state index contributed by atoms with van der Waals surface area (Å²) in [6.07, 6.45) is 0.702. The maximum absolute atomic E-state index is 5.88. The molecule has 0 bridgehead atoms. The van der Waals surface area contributed by atoms with E-state index in [1.54, 1.807) is 17.8 Å². The number of halogens is 1. The number of nitrogens with one attached hydrogen (secondary N) is 1. The van der Waals surface area contributed by atoms with E-state index >= 15 is 0 Å². The Bertz CT molecular complexity index is 1070. The third-order valence-electron chi connectivity index (χ3n) is 4.25. The van der Waals surface area contributed by atoms with E-state index in [1.807, 2.05) is 10.7 Å². The second-order valence-corrected chi connectivity index (χ2v) is 7.26. The van der Waals surface area contributed by atoms with Gasteiger partial charge in [-0.05, 0) is 51.8 Å². The highest BCUT2D eigenvalue weighted by Crippen LogP contribution is 2.40. The molecule has 0 saturated heterocycles. The lowest BCUT2D eigenvalue weighted by atomic mass is 10.0. The molecule has 25 heavy (non-hydrogen) atoms. The third kappa shape index (κ3) is 2.58. The summed E-state index contributed by atoms with van der Waals surface area (Å²) in [7, 11) is 0. The first-order chi connectivity index (χ1) is 12.3. The summed E-state index contributed by atoms with van der Waals surface area (Å²) >= 11 is 7.44. The first-order valence-corrected chi connectivity index (χ1v) is 9.13. The van der Waals surface area contributed by atoms with Crippen LogP contribution in [0.5, 0.6) is 0 Å². The first-order valence-electron chi connectivity index (χ1n) is 7.87. The molecule has 2 aromatic heterocycles. The molecule has 0 radical (unpaired) electrons. The van der Waals surface area contributed by atoms with Crippen LogP contribution in [0.25, 0.3) is 10.8 Å². The number of fused-ring (bicyclic) bond motifs is 2. The number of aromatic nitrogens is 3. The summed E-state index contributed by atoms with van der Waals surface area (Å²) in [5, 5.41) is 12.3. The van der Waals surface area contributed by atoms with Crippen molar-refractivity contribution in [1.82, 2.24) is 14.9 Å². The van der Waals surface area contributed by atoms with Gasteiger partial charge in [-0.25, -0.2) is 4.68 Å². The molecule has 0 saturated carbocycles. The van der Waals surface area contributed by atoms with Gasteiger partial charge in [0.1, 0.15) is 5.76 Å². The number of hydrogen-bond donors (Lipinski definition) is 1. The van der Waals surface area contributed by atoms with E-state index in [-0.39, 0.29) is 5.37 Å². The maximum atomic E-state index is 5.88. The summed E-state index contributed by atoms with van der Waals surface area (Å²) in [5.41, 5.74) is 4.61. The van der Waals surface area contributed by atoms with Crippen molar-refractivity contribution in [2.45, 2.75) is 17.0 Å². The number of benzene rings is 2. The predicted octanol–water partition coefficient (Wildman–Crippen LogP) is 4.62. The van der Waals surface area contributed by atoms with Crippen molar-refractivity contribution in [2.75, 3.05) is 5.43 Å². The van der Waals surface area contributed by atoms with E-state index in [9.17, 15) is 0 Å². The second kappa shape index (κ2) is 5.82. The number of hydrogen-bond acceptors (Lipinski definition) is 5. The standard InChI is InChI=1S/C18H13ClN4OS/c19-15-9-8-14(24-15)17-22-23-16(20-21-18(23)25-17)10-12-6-3-5-11-4-1-2-7-13(11)12/h1-9,17,22H,10H2. The Labute approximate surface area is 153 Å². The molecule has 1 N–H and O–H groups in total. The zero-order chi connectivity index (χ0) is 16.8. The zero-order valence-electron chi connectivity index (χ0n) is 13.0. The lowest BCUT2D eigenvalue weighted by Gasteiger charge is -2.10. The number of nitrogens with zero attached hydrogens (tertiary/aromatic N) is 3. The smallest absolute Gasteiger partial charge is 0.212 e. The van der Waals surface area contributed by atoms with Crippen molar-refractivity contribution in [2.24, 2.45) is 0 Å². The highest BCUT2D eigenvalue weighted by Gasteiger charge is 2.29. The van der Waals surface area contributed by atoms with Crippen molar-refractivity contribution >= 4 is 34.1 Å². The van der Waals surface area contributed by atoms with Crippen molar-refractivity contribution in [3.8, 4) is 0 Å². The van der Waals surface area contributed by atoms with Gasteiger partial charge in [-0.3, -0.25) is 0 Å². The minimum absolute atomic E-state index is 0.0516. The van der Waals surface area contributed by atoms with Gasteiger partial charge in [-0.1, -0.05) is 42.5 Å². The molecular formula is C18H13ClN4OS. The Morgan fingerprint density at radius 1 is 1.08 bits per heavy atom. The van der Waals surface area contributed by atoms with Gasteiger partial charge in [0.15, 0.2) is 16.4 Å². The molecule has 5 rings (SSSR count). The molecular weight excluding hydrogens is 356 g/mol. The van der Waals surface area contributed by atoms with E-state index in [2.05, 4.69) is 58.1 Å². The van der Waals surface area contributed by atoms with Gasteiger partial charge in [0.2, 0.25) is 5.16 Å². The van der Waals surface area contributed by atoms with Crippen LogP contribution in [0.1, 0.15) is 22.5 Å². The molecule has 0 spiro atoms. The minimum Gasteiger partial charge on any atom is -0.447 e. The Kier molecular flexibility index (Phi) is 3.46. The maximum Gasteiger partial charge on any atom is 0.212 e. The molecule has 0 fully saturated rings. The third-order valence-corrected chi connectivity index (χ3v) is 5.50. The molecule has 1 atom stereocenters. The van der Waals surface area contributed by atoms with Crippen LogP contribution in [0.2, 0.25) is 5.22 Å². The zero-order valence-corrected chi connectivity index (χ0v) is 14.6. The second-order valence-electron chi connectivity index (χ2n) is 5.82. The molecule has 1 aliphatic rings.